The van der Waals surface area contributed by atoms with Crippen LogP contribution in [0.15, 0.2) is 78.4 Å². The van der Waals surface area contributed by atoms with E-state index in [0.717, 1.165) is 35.3 Å². The van der Waals surface area contributed by atoms with Gasteiger partial charge in [0.25, 0.3) is 0 Å². The molecule has 12 heteroatoms. The summed E-state index contributed by atoms with van der Waals surface area (Å²) in [7, 11) is 1.45. The van der Waals surface area contributed by atoms with E-state index in [1.54, 1.807) is 31.2 Å². The summed E-state index contributed by atoms with van der Waals surface area (Å²) < 4.78 is 24.9. The van der Waals surface area contributed by atoms with Gasteiger partial charge in [-0.05, 0) is 85.8 Å². The number of halogens is 2. The highest BCUT2D eigenvalue weighted by molar-refractivity contribution is 6.31. The number of carbonyl (C=O) groups is 4. The Hall–Kier alpha value is -5.00. The maximum absolute atomic E-state index is 14.5. The van der Waals surface area contributed by atoms with Crippen LogP contribution in [0, 0.1) is 40.8 Å². The van der Waals surface area contributed by atoms with Crippen molar-refractivity contribution in [2.24, 2.45) is 35.0 Å². The zero-order valence-electron chi connectivity index (χ0n) is 28.6. The molecule has 1 saturated carbocycles. The summed E-state index contributed by atoms with van der Waals surface area (Å²) in [4.78, 5) is 61.9. The van der Waals surface area contributed by atoms with Gasteiger partial charge in [0.15, 0.2) is 11.5 Å². The number of allylic oxidation sites excluding steroid dienone is 3. The maximum atomic E-state index is 14.5. The number of phenolic OH excluding ortho intramolecular Hbond substituents is 1. The minimum Gasteiger partial charge on any atom is -0.504 e. The number of hydrogen-bond donors (Lipinski definition) is 1. The summed E-state index contributed by atoms with van der Waals surface area (Å²) in [5, 5.41) is 9.95. The standard InChI is InChI=1S/C40H37ClFN3O7/c1-40-29(12-3-22-4-14-33(46)34(19-22)51-2)26-10-11-27-35(28(26)21-30(40)37(48)45(39(40)50)25-9-13-32(42)31(41)20-25)38(49)44(36(27)47)24-7-5-23(6-8-24)43-15-17-52-18-16-43/h3-10,12-14,19-20,27-30,35,46H,11,15-18,21H2,1-2H3/t27-,28+,29-,30-,35-,40-/m0/s1. The molecule has 3 saturated heterocycles. The lowest BCUT2D eigenvalue weighted by Crippen LogP contribution is -2.49. The molecule has 4 amide bonds. The number of rotatable bonds is 6. The summed E-state index contributed by atoms with van der Waals surface area (Å²) in [6.45, 7) is 4.54. The third kappa shape index (κ3) is 5.24. The monoisotopic (exact) mass is 725 g/mol. The lowest BCUT2D eigenvalue weighted by Gasteiger charge is -2.47. The Bertz CT molecular complexity index is 2060. The van der Waals surface area contributed by atoms with E-state index in [9.17, 15) is 28.7 Å². The second kappa shape index (κ2) is 12.9. The first-order chi connectivity index (χ1) is 25.0. The molecule has 4 fully saturated rings. The first kappa shape index (κ1) is 34.1. The van der Waals surface area contributed by atoms with Crippen LogP contribution in [0.4, 0.5) is 21.5 Å². The Balaban J connectivity index is 1.17. The molecule has 3 aliphatic heterocycles. The molecule has 6 atom stereocenters. The maximum Gasteiger partial charge on any atom is 0.241 e. The number of anilines is 3. The van der Waals surface area contributed by atoms with Gasteiger partial charge in [-0.15, -0.1) is 0 Å². The van der Waals surface area contributed by atoms with Crippen LogP contribution in [0.3, 0.4) is 0 Å². The fourth-order valence-corrected chi connectivity index (χ4v) is 9.16. The predicted molar refractivity (Wildman–Crippen MR) is 192 cm³/mol. The van der Waals surface area contributed by atoms with Crippen LogP contribution < -0.4 is 19.4 Å². The number of methoxy groups -OCH3 is 1. The lowest BCUT2D eigenvalue weighted by molar-refractivity contribution is -0.132. The van der Waals surface area contributed by atoms with Crippen molar-refractivity contribution in [3.05, 3.63) is 94.8 Å². The molecule has 268 valence electrons. The summed E-state index contributed by atoms with van der Waals surface area (Å²) in [6.07, 6.45) is 6.14. The molecule has 3 aromatic carbocycles. The molecule has 3 aromatic rings. The molecule has 1 N–H and O–H groups in total. The zero-order chi connectivity index (χ0) is 36.5. The SMILES string of the molecule is COc1cc(C=C[C@H]2C3=CC[C@@H]4C(=O)N(c5ccc(N6CCOCC6)cc5)C(=O)[C@@H]4[C@@H]3C[C@H]3C(=O)N(c4ccc(F)c(Cl)c4)C(=O)[C@@]23C)ccc1O. The molecule has 8 rings (SSSR count). The Morgan fingerprint density at radius 2 is 1.62 bits per heavy atom. The minimum atomic E-state index is -1.27. The third-order valence-corrected chi connectivity index (χ3v) is 12.0. The lowest BCUT2D eigenvalue weighted by atomic mass is 9.52. The second-order valence-electron chi connectivity index (χ2n) is 14.2. The average molecular weight is 726 g/mol. The molecule has 52 heavy (non-hydrogen) atoms. The number of benzene rings is 3. The fourth-order valence-electron chi connectivity index (χ4n) is 8.98. The summed E-state index contributed by atoms with van der Waals surface area (Å²) in [6, 6.07) is 16.0. The number of phenols is 1. The molecule has 0 aromatic heterocycles. The van der Waals surface area contributed by atoms with E-state index in [1.807, 2.05) is 30.4 Å². The molecular formula is C40H37ClFN3O7. The summed E-state index contributed by atoms with van der Waals surface area (Å²) in [5.74, 6) is -5.28. The van der Waals surface area contributed by atoms with Gasteiger partial charge in [-0.2, -0.15) is 0 Å². The Kier molecular flexibility index (Phi) is 8.46. The molecule has 0 bridgehead atoms. The van der Waals surface area contributed by atoms with Gasteiger partial charge < -0.3 is 19.5 Å². The van der Waals surface area contributed by atoms with E-state index < -0.39 is 52.6 Å². The normalized spacial score (nSPS) is 28.7. The topological polar surface area (TPSA) is 117 Å². The second-order valence-corrected chi connectivity index (χ2v) is 14.6. The van der Waals surface area contributed by atoms with Crippen LogP contribution in [0.1, 0.15) is 25.3 Å². The third-order valence-electron chi connectivity index (χ3n) is 11.7. The summed E-state index contributed by atoms with van der Waals surface area (Å²) >= 11 is 6.11. The van der Waals surface area contributed by atoms with Crippen molar-refractivity contribution in [1.82, 2.24) is 0 Å². The van der Waals surface area contributed by atoms with Crippen molar-refractivity contribution in [3.63, 3.8) is 0 Å². The van der Waals surface area contributed by atoms with Crippen molar-refractivity contribution in [1.29, 1.82) is 0 Å². The molecule has 0 spiro atoms. The number of ether oxygens (including phenoxy) is 2. The molecule has 2 aliphatic carbocycles. The highest BCUT2D eigenvalue weighted by atomic mass is 35.5. The van der Waals surface area contributed by atoms with Crippen LogP contribution in [-0.4, -0.2) is 62.1 Å². The van der Waals surface area contributed by atoms with Gasteiger partial charge in [0.1, 0.15) is 5.82 Å². The first-order valence-electron chi connectivity index (χ1n) is 17.4. The fraction of sp³-hybridized carbons (Fsp3) is 0.350. The smallest absolute Gasteiger partial charge is 0.241 e. The molecule has 0 radical (unpaired) electrons. The highest BCUT2D eigenvalue weighted by Gasteiger charge is 2.67. The highest BCUT2D eigenvalue weighted by Crippen LogP contribution is 2.61. The number of imide groups is 2. The van der Waals surface area contributed by atoms with Crippen molar-refractivity contribution >= 4 is 58.4 Å². The van der Waals surface area contributed by atoms with Gasteiger partial charge in [0.2, 0.25) is 23.6 Å². The minimum absolute atomic E-state index is 0.0275. The Morgan fingerprint density at radius 3 is 2.33 bits per heavy atom. The van der Waals surface area contributed by atoms with Gasteiger partial charge in [-0.25, -0.2) is 9.29 Å². The van der Waals surface area contributed by atoms with E-state index >= 15 is 0 Å². The molecule has 5 aliphatic rings. The largest absolute Gasteiger partial charge is 0.504 e. The van der Waals surface area contributed by atoms with Crippen LogP contribution in [0.2, 0.25) is 5.02 Å². The number of morpholine rings is 1. The molecule has 10 nitrogen and oxygen atoms in total. The van der Waals surface area contributed by atoms with E-state index in [-0.39, 0.29) is 40.4 Å². The summed E-state index contributed by atoms with van der Waals surface area (Å²) in [5.41, 5.74) is 1.88. The zero-order valence-corrected chi connectivity index (χ0v) is 29.4. The Morgan fingerprint density at radius 1 is 0.904 bits per heavy atom. The van der Waals surface area contributed by atoms with Gasteiger partial charge >= 0.3 is 0 Å². The van der Waals surface area contributed by atoms with E-state index in [0.29, 0.717) is 30.9 Å². The van der Waals surface area contributed by atoms with Gasteiger partial charge in [0, 0.05) is 24.7 Å². The number of fused-ring (bicyclic) bond motifs is 4. The van der Waals surface area contributed by atoms with Gasteiger partial charge in [-0.1, -0.05) is 41.5 Å². The van der Waals surface area contributed by atoms with Crippen LogP contribution in [0.5, 0.6) is 11.5 Å². The van der Waals surface area contributed by atoms with Crippen LogP contribution in [0.25, 0.3) is 6.08 Å². The van der Waals surface area contributed by atoms with E-state index in [2.05, 4.69) is 4.90 Å². The predicted octanol–water partition coefficient (Wildman–Crippen LogP) is 6.01. The van der Waals surface area contributed by atoms with Crippen molar-refractivity contribution < 1.29 is 38.1 Å². The van der Waals surface area contributed by atoms with Crippen LogP contribution in [-0.2, 0) is 23.9 Å². The number of carbonyl (C=O) groups excluding carboxylic acids is 4. The van der Waals surface area contributed by atoms with Gasteiger partial charge in [0.05, 0.1) is 59.9 Å². The number of nitrogens with zero attached hydrogens (tertiary/aromatic N) is 3. The van der Waals surface area contributed by atoms with Crippen molar-refractivity contribution in [2.75, 3.05) is 48.1 Å². The van der Waals surface area contributed by atoms with Gasteiger partial charge in [-0.3, -0.25) is 24.1 Å². The van der Waals surface area contributed by atoms with E-state index in [1.165, 1.54) is 30.2 Å². The first-order valence-corrected chi connectivity index (χ1v) is 17.8. The molecular weight excluding hydrogens is 689 g/mol. The number of aromatic hydroxyl groups is 1. The molecule has 3 heterocycles. The quantitative estimate of drug-likeness (QED) is 0.243. The van der Waals surface area contributed by atoms with Crippen molar-refractivity contribution in [2.45, 2.75) is 19.8 Å². The molecule has 0 unspecified atom stereocenters. The number of amides is 4. The van der Waals surface area contributed by atoms with Crippen molar-refractivity contribution in [3.8, 4) is 11.5 Å². The Labute approximate surface area is 305 Å². The number of hydrogen-bond acceptors (Lipinski definition) is 8. The average Bonchev–Trinajstić information content (AvgIpc) is 3.52. The van der Waals surface area contributed by atoms with Crippen LogP contribution >= 0.6 is 11.6 Å². The van der Waals surface area contributed by atoms with E-state index in [4.69, 9.17) is 21.1 Å².